The van der Waals surface area contributed by atoms with Gasteiger partial charge in [0.15, 0.2) is 0 Å². The van der Waals surface area contributed by atoms with Crippen molar-refractivity contribution in [1.29, 1.82) is 0 Å². The first-order chi connectivity index (χ1) is 9.08. The van der Waals surface area contributed by atoms with Crippen LogP contribution in [0.3, 0.4) is 0 Å². The number of nitrogen functional groups attached to an aromatic ring is 1. The van der Waals surface area contributed by atoms with Crippen LogP contribution in [0, 0.1) is 5.92 Å². The van der Waals surface area contributed by atoms with Crippen LogP contribution in [0.5, 0.6) is 0 Å². The molecule has 4 nitrogen and oxygen atoms in total. The molecule has 1 aliphatic heterocycles. The lowest BCUT2D eigenvalue weighted by Gasteiger charge is -2.28. The Morgan fingerprint density at radius 2 is 2.11 bits per heavy atom. The van der Waals surface area contributed by atoms with Gasteiger partial charge >= 0.3 is 0 Å². The quantitative estimate of drug-likeness (QED) is 0.905. The molecule has 4 heteroatoms. The minimum absolute atomic E-state index is 0.526. The Labute approximate surface area is 116 Å². The Kier molecular flexibility index (Phi) is 4.77. The third kappa shape index (κ3) is 3.67. The molecule has 1 atom stereocenters. The molecule has 0 aromatic carbocycles. The van der Waals surface area contributed by atoms with E-state index >= 15 is 0 Å². The maximum atomic E-state index is 5.96. The van der Waals surface area contributed by atoms with Crippen molar-refractivity contribution in [3.8, 4) is 0 Å². The van der Waals surface area contributed by atoms with Crippen LogP contribution in [-0.4, -0.2) is 37.2 Å². The van der Waals surface area contributed by atoms with Crippen molar-refractivity contribution in [2.24, 2.45) is 5.92 Å². The Bertz CT molecular complexity index is 414. The Morgan fingerprint density at radius 1 is 1.42 bits per heavy atom. The van der Waals surface area contributed by atoms with Gasteiger partial charge in [-0.05, 0) is 50.4 Å². The highest BCUT2D eigenvalue weighted by Crippen LogP contribution is 2.32. The van der Waals surface area contributed by atoms with E-state index in [0.29, 0.717) is 17.7 Å². The third-order valence-corrected chi connectivity index (χ3v) is 4.01. The molecule has 0 radical (unpaired) electrons. The summed E-state index contributed by atoms with van der Waals surface area (Å²) in [6.45, 7) is 4.92. The highest BCUT2D eigenvalue weighted by molar-refractivity contribution is 5.41. The van der Waals surface area contributed by atoms with Crippen molar-refractivity contribution in [2.45, 2.75) is 32.2 Å². The molecule has 2 rings (SSSR count). The molecule has 1 saturated heterocycles. The van der Waals surface area contributed by atoms with Gasteiger partial charge in [-0.2, -0.15) is 0 Å². The van der Waals surface area contributed by atoms with Crippen LogP contribution < -0.4 is 5.73 Å². The topological polar surface area (TPSA) is 51.4 Å². The van der Waals surface area contributed by atoms with E-state index in [4.69, 9.17) is 10.5 Å². The number of pyridine rings is 1. The molecular formula is C15H25N3O. The van der Waals surface area contributed by atoms with E-state index < -0.39 is 0 Å². The molecule has 0 aliphatic carbocycles. The monoisotopic (exact) mass is 263 g/mol. The molecular weight excluding hydrogens is 238 g/mol. The van der Waals surface area contributed by atoms with Crippen molar-refractivity contribution in [3.05, 3.63) is 23.4 Å². The fourth-order valence-electron chi connectivity index (χ4n) is 2.74. The molecule has 1 aromatic heterocycles. The molecule has 1 unspecified atom stereocenters. The molecule has 2 N–H and O–H groups in total. The number of nitrogens with zero attached hydrogens (tertiary/aromatic N) is 2. The molecule has 0 spiro atoms. The first kappa shape index (κ1) is 14.3. The van der Waals surface area contributed by atoms with Crippen LogP contribution in [0.1, 0.15) is 36.8 Å². The molecule has 2 heterocycles. The van der Waals surface area contributed by atoms with Gasteiger partial charge in [-0.15, -0.1) is 0 Å². The number of anilines is 1. The molecule has 106 valence electrons. The molecule has 0 bridgehead atoms. The van der Waals surface area contributed by atoms with E-state index in [0.717, 1.165) is 38.2 Å². The highest BCUT2D eigenvalue weighted by Gasteiger charge is 2.22. The molecule has 1 fully saturated rings. The maximum absolute atomic E-state index is 5.96. The minimum atomic E-state index is 0.526. The van der Waals surface area contributed by atoms with Gasteiger partial charge < -0.3 is 15.4 Å². The second kappa shape index (κ2) is 6.35. The predicted octanol–water partition coefficient (Wildman–Crippen LogP) is 2.26. The minimum Gasteiger partial charge on any atom is -0.383 e. The third-order valence-electron chi connectivity index (χ3n) is 4.01. The Hall–Kier alpha value is -1.13. The second-order valence-corrected chi connectivity index (χ2v) is 5.79. The van der Waals surface area contributed by atoms with Crippen molar-refractivity contribution in [3.63, 3.8) is 0 Å². The van der Waals surface area contributed by atoms with Crippen LogP contribution in [0.15, 0.2) is 12.3 Å². The first-order valence-electron chi connectivity index (χ1n) is 7.04. The molecule has 0 amide bonds. The van der Waals surface area contributed by atoms with E-state index in [1.54, 1.807) is 0 Å². The van der Waals surface area contributed by atoms with Crippen LogP contribution >= 0.6 is 0 Å². The van der Waals surface area contributed by atoms with Gasteiger partial charge in [-0.3, -0.25) is 0 Å². The number of hydrogen-bond acceptors (Lipinski definition) is 4. The fourth-order valence-corrected chi connectivity index (χ4v) is 2.74. The number of ether oxygens (including phenoxy) is 1. The van der Waals surface area contributed by atoms with Gasteiger partial charge in [-0.25, -0.2) is 4.98 Å². The van der Waals surface area contributed by atoms with Crippen molar-refractivity contribution in [2.75, 3.05) is 33.0 Å². The standard InChI is InChI=1S/C15H25N3O/c1-11(12-4-6-19-7-5-12)13-8-14(10-18(2)3)15(16)17-9-13/h8-9,11-12H,4-7,10H2,1-3H3,(H2,16,17). The largest absolute Gasteiger partial charge is 0.383 e. The smallest absolute Gasteiger partial charge is 0.127 e. The van der Waals surface area contributed by atoms with E-state index in [9.17, 15) is 0 Å². The predicted molar refractivity (Wildman–Crippen MR) is 78.0 cm³/mol. The Balaban J connectivity index is 2.14. The summed E-state index contributed by atoms with van der Waals surface area (Å²) in [6.07, 6.45) is 4.23. The van der Waals surface area contributed by atoms with E-state index in [1.165, 1.54) is 5.56 Å². The van der Waals surface area contributed by atoms with Crippen molar-refractivity contribution >= 4 is 5.82 Å². The fraction of sp³-hybridized carbons (Fsp3) is 0.667. The lowest BCUT2D eigenvalue weighted by atomic mass is 9.83. The first-order valence-corrected chi connectivity index (χ1v) is 7.04. The van der Waals surface area contributed by atoms with Crippen LogP contribution in [0.2, 0.25) is 0 Å². The summed E-state index contributed by atoms with van der Waals surface area (Å²) in [4.78, 5) is 6.49. The van der Waals surface area contributed by atoms with E-state index in [1.807, 2.05) is 20.3 Å². The SMILES string of the molecule is CC(c1cnc(N)c(CN(C)C)c1)C1CCOCC1. The average molecular weight is 263 g/mol. The van der Waals surface area contributed by atoms with Crippen molar-refractivity contribution < 1.29 is 4.74 Å². The van der Waals surface area contributed by atoms with Crippen LogP contribution in [-0.2, 0) is 11.3 Å². The summed E-state index contributed by atoms with van der Waals surface area (Å²) in [5.74, 6) is 1.88. The van der Waals surface area contributed by atoms with Gasteiger partial charge in [-0.1, -0.05) is 6.92 Å². The van der Waals surface area contributed by atoms with Gasteiger partial charge in [0.05, 0.1) is 0 Å². The molecule has 1 aromatic rings. The zero-order valence-electron chi connectivity index (χ0n) is 12.2. The molecule has 1 aliphatic rings. The van der Waals surface area contributed by atoms with Gasteiger partial charge in [0.2, 0.25) is 0 Å². The summed E-state index contributed by atoms with van der Waals surface area (Å²) < 4.78 is 5.44. The van der Waals surface area contributed by atoms with Gasteiger partial charge in [0.25, 0.3) is 0 Å². The van der Waals surface area contributed by atoms with Gasteiger partial charge in [0, 0.05) is 31.5 Å². The highest BCUT2D eigenvalue weighted by atomic mass is 16.5. The summed E-state index contributed by atoms with van der Waals surface area (Å²) in [5, 5.41) is 0. The summed E-state index contributed by atoms with van der Waals surface area (Å²) >= 11 is 0. The maximum Gasteiger partial charge on any atom is 0.127 e. The van der Waals surface area contributed by atoms with Crippen LogP contribution in [0.25, 0.3) is 0 Å². The molecule has 19 heavy (non-hydrogen) atoms. The Morgan fingerprint density at radius 3 is 2.74 bits per heavy atom. The number of rotatable bonds is 4. The lowest BCUT2D eigenvalue weighted by molar-refractivity contribution is 0.0596. The number of hydrogen-bond donors (Lipinski definition) is 1. The zero-order valence-corrected chi connectivity index (χ0v) is 12.2. The normalized spacial score (nSPS) is 18.7. The van der Waals surface area contributed by atoms with Gasteiger partial charge in [0.1, 0.15) is 5.82 Å². The lowest BCUT2D eigenvalue weighted by Crippen LogP contribution is -2.21. The average Bonchev–Trinajstić information content (AvgIpc) is 2.41. The van der Waals surface area contributed by atoms with Crippen molar-refractivity contribution in [1.82, 2.24) is 9.88 Å². The summed E-state index contributed by atoms with van der Waals surface area (Å²) in [7, 11) is 4.10. The summed E-state index contributed by atoms with van der Waals surface area (Å²) in [5.41, 5.74) is 8.39. The number of aromatic nitrogens is 1. The van der Waals surface area contributed by atoms with E-state index in [-0.39, 0.29) is 0 Å². The summed E-state index contributed by atoms with van der Waals surface area (Å²) in [6, 6.07) is 2.22. The zero-order chi connectivity index (χ0) is 13.8. The second-order valence-electron chi connectivity index (χ2n) is 5.79. The van der Waals surface area contributed by atoms with Crippen LogP contribution in [0.4, 0.5) is 5.82 Å². The van der Waals surface area contributed by atoms with E-state index in [2.05, 4.69) is 22.9 Å². The molecule has 0 saturated carbocycles. The number of nitrogens with two attached hydrogens (primary N) is 1.